The summed E-state index contributed by atoms with van der Waals surface area (Å²) in [5, 5.41) is 0. The van der Waals surface area contributed by atoms with E-state index in [-0.39, 0.29) is 30.6 Å². The second-order valence-corrected chi connectivity index (χ2v) is 3.56. The molecule has 0 saturated heterocycles. The fourth-order valence-electron chi connectivity index (χ4n) is 1.46. The maximum Gasteiger partial charge on any atom is 0.193 e. The first-order valence-electron chi connectivity index (χ1n) is 4.94. The molecule has 0 bridgehead atoms. The molecule has 1 nitrogen and oxygen atoms in total. The highest BCUT2D eigenvalue weighted by atomic mass is 35.5. The van der Waals surface area contributed by atoms with Crippen molar-refractivity contribution >= 4 is 30.6 Å². The van der Waals surface area contributed by atoms with Gasteiger partial charge in [0.2, 0.25) is 0 Å². The van der Waals surface area contributed by atoms with E-state index in [0.29, 0.717) is 0 Å². The lowest BCUT2D eigenvalue weighted by atomic mass is 10.0. The Labute approximate surface area is 114 Å². The van der Waals surface area contributed by atoms with Crippen LogP contribution in [0.15, 0.2) is 54.6 Å². The summed E-state index contributed by atoms with van der Waals surface area (Å²) in [6.07, 6.45) is 0. The molecule has 0 aliphatic heterocycles. The van der Waals surface area contributed by atoms with E-state index in [1.165, 1.54) is 5.56 Å². The lowest BCUT2D eigenvalue weighted by Gasteiger charge is -2.00. The average Bonchev–Trinajstić information content (AvgIpc) is 2.30. The van der Waals surface area contributed by atoms with Crippen LogP contribution >= 0.6 is 24.8 Å². The molecule has 90 valence electrons. The molecule has 0 N–H and O–H groups in total. The molecule has 0 amide bonds. The molecule has 0 fully saturated rings. The number of hydrogen-bond donors (Lipinski definition) is 0. The van der Waals surface area contributed by atoms with Crippen molar-refractivity contribution in [3.8, 4) is 0 Å². The third-order valence-corrected chi connectivity index (χ3v) is 2.35. The highest BCUT2D eigenvalue weighted by molar-refractivity contribution is 6.08. The molecule has 2 rings (SSSR count). The summed E-state index contributed by atoms with van der Waals surface area (Å²) >= 11 is 0. The molecule has 0 atom stereocenters. The SMILES string of the molecule is Cc1ccc(C(=O)c2ccccc2)cc1.Cl.Cl. The Kier molecular flexibility index (Phi) is 6.55. The van der Waals surface area contributed by atoms with Crippen LogP contribution in [0.2, 0.25) is 0 Å². The molecule has 0 saturated carbocycles. The van der Waals surface area contributed by atoms with Gasteiger partial charge in [-0.2, -0.15) is 0 Å². The summed E-state index contributed by atoms with van der Waals surface area (Å²) in [4.78, 5) is 12.0. The van der Waals surface area contributed by atoms with Crippen LogP contribution in [-0.2, 0) is 0 Å². The van der Waals surface area contributed by atoms with E-state index in [1.54, 1.807) is 0 Å². The summed E-state index contributed by atoms with van der Waals surface area (Å²) in [5.74, 6) is 0.0793. The van der Waals surface area contributed by atoms with E-state index in [0.717, 1.165) is 11.1 Å². The van der Waals surface area contributed by atoms with E-state index in [1.807, 2.05) is 61.5 Å². The third-order valence-electron chi connectivity index (χ3n) is 2.35. The summed E-state index contributed by atoms with van der Waals surface area (Å²) in [6, 6.07) is 17.0. The van der Waals surface area contributed by atoms with Gasteiger partial charge in [-0.1, -0.05) is 60.2 Å². The highest BCUT2D eigenvalue weighted by Crippen LogP contribution is 2.10. The van der Waals surface area contributed by atoms with Crippen LogP contribution in [0.4, 0.5) is 0 Å². The topological polar surface area (TPSA) is 17.1 Å². The van der Waals surface area contributed by atoms with Crippen molar-refractivity contribution in [1.29, 1.82) is 0 Å². The van der Waals surface area contributed by atoms with Crippen molar-refractivity contribution < 1.29 is 4.79 Å². The number of carbonyl (C=O) groups is 1. The standard InChI is InChI=1S/C14H12O.2ClH/c1-11-7-9-13(10-8-11)14(15)12-5-3-2-4-6-12;;/h2-10H,1H3;2*1H. The molecule has 0 aromatic heterocycles. The number of rotatable bonds is 2. The van der Waals surface area contributed by atoms with Crippen molar-refractivity contribution in [2.24, 2.45) is 0 Å². The molecule has 0 aliphatic rings. The van der Waals surface area contributed by atoms with Crippen molar-refractivity contribution in [2.75, 3.05) is 0 Å². The largest absolute Gasteiger partial charge is 0.289 e. The predicted molar refractivity (Wildman–Crippen MR) is 75.5 cm³/mol. The molecule has 2 aromatic carbocycles. The molecule has 0 unspecified atom stereocenters. The van der Waals surface area contributed by atoms with Crippen LogP contribution in [0.5, 0.6) is 0 Å². The maximum absolute atomic E-state index is 12.0. The summed E-state index contributed by atoms with van der Waals surface area (Å²) in [6.45, 7) is 2.01. The van der Waals surface area contributed by atoms with Crippen molar-refractivity contribution in [3.05, 3.63) is 71.3 Å². The van der Waals surface area contributed by atoms with Crippen LogP contribution in [0.1, 0.15) is 21.5 Å². The molecule has 0 heterocycles. The normalized spacial score (nSPS) is 8.76. The Morgan fingerprint density at radius 3 is 1.76 bits per heavy atom. The fourth-order valence-corrected chi connectivity index (χ4v) is 1.46. The molecular formula is C14H14Cl2O. The van der Waals surface area contributed by atoms with E-state index in [4.69, 9.17) is 0 Å². The molecular weight excluding hydrogens is 255 g/mol. The van der Waals surface area contributed by atoms with Gasteiger partial charge >= 0.3 is 0 Å². The van der Waals surface area contributed by atoms with Crippen LogP contribution in [-0.4, -0.2) is 5.78 Å². The van der Waals surface area contributed by atoms with Gasteiger partial charge in [0.05, 0.1) is 0 Å². The average molecular weight is 269 g/mol. The van der Waals surface area contributed by atoms with Gasteiger partial charge in [-0.05, 0) is 6.92 Å². The smallest absolute Gasteiger partial charge is 0.193 e. The predicted octanol–water partition coefficient (Wildman–Crippen LogP) is 4.07. The van der Waals surface area contributed by atoms with E-state index >= 15 is 0 Å². The lowest BCUT2D eigenvalue weighted by Crippen LogP contribution is -2.00. The van der Waals surface area contributed by atoms with Gasteiger partial charge in [-0.25, -0.2) is 0 Å². The Balaban J connectivity index is 0.00000128. The van der Waals surface area contributed by atoms with Gasteiger partial charge in [-0.3, -0.25) is 4.79 Å². The first-order chi connectivity index (χ1) is 7.27. The molecule has 0 aliphatic carbocycles. The molecule has 17 heavy (non-hydrogen) atoms. The molecule has 0 spiro atoms. The van der Waals surface area contributed by atoms with Crippen molar-refractivity contribution in [1.82, 2.24) is 0 Å². The molecule has 2 aromatic rings. The van der Waals surface area contributed by atoms with E-state index in [9.17, 15) is 4.79 Å². The monoisotopic (exact) mass is 268 g/mol. The first-order valence-corrected chi connectivity index (χ1v) is 4.94. The number of hydrogen-bond acceptors (Lipinski definition) is 1. The first kappa shape index (κ1) is 15.7. The molecule has 0 radical (unpaired) electrons. The summed E-state index contributed by atoms with van der Waals surface area (Å²) in [7, 11) is 0. The number of carbonyl (C=O) groups excluding carboxylic acids is 1. The van der Waals surface area contributed by atoms with Crippen molar-refractivity contribution in [2.45, 2.75) is 6.92 Å². The second kappa shape index (κ2) is 7.10. The van der Waals surface area contributed by atoms with Crippen LogP contribution in [0.25, 0.3) is 0 Å². The van der Waals surface area contributed by atoms with Gasteiger partial charge in [0, 0.05) is 11.1 Å². The maximum atomic E-state index is 12.0. The Bertz CT molecular complexity index is 463. The summed E-state index contributed by atoms with van der Waals surface area (Å²) < 4.78 is 0. The Morgan fingerprint density at radius 2 is 1.24 bits per heavy atom. The fraction of sp³-hybridized carbons (Fsp3) is 0.0714. The quantitative estimate of drug-likeness (QED) is 0.751. The third kappa shape index (κ3) is 3.88. The van der Waals surface area contributed by atoms with Gasteiger partial charge in [0.25, 0.3) is 0 Å². The number of halogens is 2. The van der Waals surface area contributed by atoms with E-state index in [2.05, 4.69) is 0 Å². The van der Waals surface area contributed by atoms with Crippen LogP contribution in [0.3, 0.4) is 0 Å². The number of aryl methyl sites for hydroxylation is 1. The summed E-state index contributed by atoms with van der Waals surface area (Å²) in [5.41, 5.74) is 2.65. The number of benzene rings is 2. The minimum absolute atomic E-state index is 0. The minimum Gasteiger partial charge on any atom is -0.289 e. The van der Waals surface area contributed by atoms with Crippen LogP contribution in [0, 0.1) is 6.92 Å². The van der Waals surface area contributed by atoms with Crippen molar-refractivity contribution in [3.63, 3.8) is 0 Å². The van der Waals surface area contributed by atoms with Gasteiger partial charge in [-0.15, -0.1) is 24.8 Å². The lowest BCUT2D eigenvalue weighted by molar-refractivity contribution is 0.103. The zero-order valence-corrected chi connectivity index (χ0v) is 11.1. The zero-order valence-electron chi connectivity index (χ0n) is 9.42. The zero-order chi connectivity index (χ0) is 10.7. The Morgan fingerprint density at radius 1 is 0.765 bits per heavy atom. The second-order valence-electron chi connectivity index (χ2n) is 3.56. The molecule has 3 heteroatoms. The number of ketones is 1. The highest BCUT2D eigenvalue weighted by Gasteiger charge is 2.06. The van der Waals surface area contributed by atoms with E-state index < -0.39 is 0 Å². The minimum atomic E-state index is 0. The van der Waals surface area contributed by atoms with Gasteiger partial charge in [0.15, 0.2) is 5.78 Å². The Hall–Kier alpha value is -1.31. The van der Waals surface area contributed by atoms with Gasteiger partial charge in [0.1, 0.15) is 0 Å². The van der Waals surface area contributed by atoms with Gasteiger partial charge < -0.3 is 0 Å². The van der Waals surface area contributed by atoms with Crippen LogP contribution < -0.4 is 0 Å².